The smallest absolute Gasteiger partial charge is 0.165 e. The fourth-order valence-electron chi connectivity index (χ4n) is 4.84. The molecular formula is C26H30FN5O3S. The van der Waals surface area contributed by atoms with E-state index in [2.05, 4.69) is 30.0 Å². The summed E-state index contributed by atoms with van der Waals surface area (Å²) in [5.41, 5.74) is 3.76. The van der Waals surface area contributed by atoms with E-state index in [0.717, 1.165) is 35.1 Å². The number of nitrogens with zero attached hydrogens (tertiary/aromatic N) is 5. The van der Waals surface area contributed by atoms with Gasteiger partial charge >= 0.3 is 0 Å². The standard InChI is InChI=1S/C26H30FN5O3S/c1-26(2,31-10-12-36(34,35)13-11-31)9-8-19-16-32(20-15-28-30(3)17-20)25-21(19)5-6-23(29-25)18-4-7-24(33)22(27)14-18/h4-7,14-17,33H,8-13H2,1-3H3. The van der Waals surface area contributed by atoms with Gasteiger partial charge in [0.15, 0.2) is 21.4 Å². The number of fused-ring (bicyclic) bond motifs is 1. The van der Waals surface area contributed by atoms with Crippen LogP contribution in [-0.2, 0) is 23.3 Å². The van der Waals surface area contributed by atoms with Crippen molar-refractivity contribution >= 4 is 20.9 Å². The number of aryl methyl sites for hydroxylation is 2. The van der Waals surface area contributed by atoms with Gasteiger partial charge in [-0.1, -0.05) is 0 Å². The number of aromatic hydroxyl groups is 1. The van der Waals surface area contributed by atoms with E-state index in [1.54, 1.807) is 16.9 Å². The van der Waals surface area contributed by atoms with Crippen molar-refractivity contribution < 1.29 is 17.9 Å². The average molecular weight is 512 g/mol. The molecule has 0 atom stereocenters. The van der Waals surface area contributed by atoms with Gasteiger partial charge in [-0.3, -0.25) is 14.1 Å². The van der Waals surface area contributed by atoms with Gasteiger partial charge in [0, 0.05) is 49.0 Å². The lowest BCUT2D eigenvalue weighted by Crippen LogP contribution is -2.51. The lowest BCUT2D eigenvalue weighted by molar-refractivity contribution is 0.123. The molecule has 1 aliphatic rings. The molecule has 3 aromatic heterocycles. The van der Waals surface area contributed by atoms with Crippen LogP contribution in [0.15, 0.2) is 48.9 Å². The second kappa shape index (κ2) is 9.01. The van der Waals surface area contributed by atoms with Crippen molar-refractivity contribution in [3.05, 3.63) is 60.3 Å². The largest absolute Gasteiger partial charge is 0.505 e. The van der Waals surface area contributed by atoms with Crippen LogP contribution in [0.4, 0.5) is 4.39 Å². The molecule has 0 radical (unpaired) electrons. The quantitative estimate of drug-likeness (QED) is 0.424. The second-order valence-electron chi connectivity index (χ2n) is 10.1. The summed E-state index contributed by atoms with van der Waals surface area (Å²) in [5, 5.41) is 14.9. The number of phenols is 1. The Kier molecular flexibility index (Phi) is 6.12. The van der Waals surface area contributed by atoms with Crippen LogP contribution >= 0.6 is 0 Å². The van der Waals surface area contributed by atoms with E-state index < -0.39 is 21.4 Å². The predicted molar refractivity (Wildman–Crippen MR) is 138 cm³/mol. The Morgan fingerprint density at radius 3 is 2.53 bits per heavy atom. The van der Waals surface area contributed by atoms with Crippen molar-refractivity contribution in [3.8, 4) is 22.7 Å². The maximum Gasteiger partial charge on any atom is 0.165 e. The molecule has 1 N–H and O–H groups in total. The molecule has 0 saturated carbocycles. The molecule has 1 saturated heterocycles. The van der Waals surface area contributed by atoms with Crippen molar-refractivity contribution in [3.63, 3.8) is 0 Å². The molecule has 10 heteroatoms. The van der Waals surface area contributed by atoms with Gasteiger partial charge in [0.05, 0.1) is 29.1 Å². The Balaban J connectivity index is 1.49. The minimum atomic E-state index is -2.93. The molecule has 36 heavy (non-hydrogen) atoms. The fraction of sp³-hybridized carbons (Fsp3) is 0.385. The van der Waals surface area contributed by atoms with Crippen LogP contribution in [0.1, 0.15) is 25.8 Å². The summed E-state index contributed by atoms with van der Waals surface area (Å²) in [6, 6.07) is 8.13. The lowest BCUT2D eigenvalue weighted by Gasteiger charge is -2.41. The number of halogens is 1. The number of aromatic nitrogens is 4. The third-order valence-electron chi connectivity index (χ3n) is 7.15. The first-order chi connectivity index (χ1) is 17.0. The van der Waals surface area contributed by atoms with Crippen LogP contribution in [-0.4, -0.2) is 67.9 Å². The van der Waals surface area contributed by atoms with Crippen LogP contribution in [0.5, 0.6) is 5.75 Å². The van der Waals surface area contributed by atoms with Crippen molar-refractivity contribution in [1.29, 1.82) is 0 Å². The highest BCUT2D eigenvalue weighted by atomic mass is 32.2. The first kappa shape index (κ1) is 24.5. The number of pyridine rings is 1. The van der Waals surface area contributed by atoms with Gasteiger partial charge in [0.25, 0.3) is 0 Å². The van der Waals surface area contributed by atoms with Crippen LogP contribution in [0.2, 0.25) is 0 Å². The molecular weight excluding hydrogens is 481 g/mol. The number of benzene rings is 1. The molecule has 1 aliphatic heterocycles. The second-order valence-corrected chi connectivity index (χ2v) is 12.4. The van der Waals surface area contributed by atoms with Crippen LogP contribution < -0.4 is 0 Å². The van der Waals surface area contributed by atoms with Gasteiger partial charge in [0.2, 0.25) is 0 Å². The molecule has 0 bridgehead atoms. The highest BCUT2D eigenvalue weighted by Crippen LogP contribution is 2.31. The zero-order valence-electron chi connectivity index (χ0n) is 20.6. The van der Waals surface area contributed by atoms with Crippen molar-refractivity contribution in [2.45, 2.75) is 32.2 Å². The SMILES string of the molecule is Cn1cc(-n2cc(CCC(C)(C)N3CCS(=O)(=O)CC3)c3ccc(-c4ccc(O)c(F)c4)nc32)cn1. The van der Waals surface area contributed by atoms with Crippen molar-refractivity contribution in [1.82, 2.24) is 24.2 Å². The topological polar surface area (TPSA) is 93.2 Å². The molecule has 0 aliphatic carbocycles. The third-order valence-corrected chi connectivity index (χ3v) is 8.76. The lowest BCUT2D eigenvalue weighted by atomic mass is 9.93. The summed E-state index contributed by atoms with van der Waals surface area (Å²) in [4.78, 5) is 7.14. The minimum Gasteiger partial charge on any atom is -0.505 e. The summed E-state index contributed by atoms with van der Waals surface area (Å²) < 4.78 is 41.5. The van der Waals surface area contributed by atoms with E-state index in [1.165, 1.54) is 12.1 Å². The summed E-state index contributed by atoms with van der Waals surface area (Å²) in [5.74, 6) is -0.664. The molecule has 4 aromatic rings. The molecule has 1 aromatic carbocycles. The Hall–Kier alpha value is -3.24. The van der Waals surface area contributed by atoms with Crippen molar-refractivity contribution in [2.75, 3.05) is 24.6 Å². The van der Waals surface area contributed by atoms with Gasteiger partial charge in [-0.25, -0.2) is 17.8 Å². The summed E-state index contributed by atoms with van der Waals surface area (Å²) >= 11 is 0. The zero-order chi connectivity index (χ0) is 25.7. The Bertz CT molecular complexity index is 1530. The van der Waals surface area contributed by atoms with Gasteiger partial charge in [-0.2, -0.15) is 5.10 Å². The van der Waals surface area contributed by atoms with E-state index in [9.17, 15) is 17.9 Å². The first-order valence-electron chi connectivity index (χ1n) is 12.0. The highest BCUT2D eigenvalue weighted by molar-refractivity contribution is 7.91. The number of sulfone groups is 1. The summed E-state index contributed by atoms with van der Waals surface area (Å²) in [7, 11) is -1.07. The van der Waals surface area contributed by atoms with Gasteiger partial charge in [0.1, 0.15) is 5.65 Å². The molecule has 4 heterocycles. The molecule has 0 unspecified atom stereocenters. The van der Waals surface area contributed by atoms with E-state index in [-0.39, 0.29) is 17.0 Å². The number of rotatable bonds is 6. The number of hydrogen-bond acceptors (Lipinski definition) is 6. The summed E-state index contributed by atoms with van der Waals surface area (Å²) in [6.07, 6.45) is 7.40. The Morgan fingerprint density at radius 2 is 1.86 bits per heavy atom. The molecule has 190 valence electrons. The van der Waals surface area contributed by atoms with Gasteiger partial charge in [-0.15, -0.1) is 0 Å². The molecule has 8 nitrogen and oxygen atoms in total. The van der Waals surface area contributed by atoms with Gasteiger partial charge in [-0.05, 0) is 62.6 Å². The Labute approximate surface area is 209 Å². The molecule has 0 spiro atoms. The minimum absolute atomic E-state index is 0.157. The molecule has 5 rings (SSSR count). The average Bonchev–Trinajstić information content (AvgIpc) is 3.42. The van der Waals surface area contributed by atoms with Crippen LogP contribution in [0, 0.1) is 5.82 Å². The van der Waals surface area contributed by atoms with Gasteiger partial charge < -0.3 is 5.11 Å². The monoisotopic (exact) mass is 511 g/mol. The molecule has 1 fully saturated rings. The van der Waals surface area contributed by atoms with E-state index in [0.29, 0.717) is 24.3 Å². The third kappa shape index (κ3) is 4.75. The van der Waals surface area contributed by atoms with E-state index >= 15 is 0 Å². The van der Waals surface area contributed by atoms with E-state index in [1.807, 2.05) is 29.9 Å². The predicted octanol–water partition coefficient (Wildman–Crippen LogP) is 3.71. The normalized spacial score (nSPS) is 16.6. The summed E-state index contributed by atoms with van der Waals surface area (Å²) in [6.45, 7) is 5.45. The maximum atomic E-state index is 14.0. The Morgan fingerprint density at radius 1 is 1.11 bits per heavy atom. The highest BCUT2D eigenvalue weighted by Gasteiger charge is 2.32. The maximum absolute atomic E-state index is 14.0. The number of phenolic OH excluding ortho intramolecular Hbond substituents is 1. The number of hydrogen-bond donors (Lipinski definition) is 1. The van der Waals surface area contributed by atoms with E-state index in [4.69, 9.17) is 4.98 Å². The first-order valence-corrected chi connectivity index (χ1v) is 13.8. The van der Waals surface area contributed by atoms with Crippen LogP contribution in [0.3, 0.4) is 0 Å². The van der Waals surface area contributed by atoms with Crippen molar-refractivity contribution in [2.24, 2.45) is 7.05 Å². The van der Waals surface area contributed by atoms with Crippen LogP contribution in [0.25, 0.3) is 28.0 Å². The zero-order valence-corrected chi connectivity index (χ0v) is 21.5. The fourth-order valence-corrected chi connectivity index (χ4v) is 6.04. The molecule has 0 amide bonds.